The zero-order valence-electron chi connectivity index (χ0n) is 46.3. The van der Waals surface area contributed by atoms with Gasteiger partial charge in [-0.05, 0) is 132 Å². The molecule has 13 nitrogen and oxygen atoms in total. The van der Waals surface area contributed by atoms with Gasteiger partial charge in [-0.1, -0.05) is 87.0 Å². The number of allylic oxidation sites excluding steroid dienone is 3. The van der Waals surface area contributed by atoms with E-state index in [0.29, 0.717) is 32.1 Å². The van der Waals surface area contributed by atoms with Crippen LogP contribution in [0.1, 0.15) is 154 Å². The fourth-order valence-corrected chi connectivity index (χ4v) is 18.1. The summed E-state index contributed by atoms with van der Waals surface area (Å²) in [5.74, 6) is -6.56. The summed E-state index contributed by atoms with van der Waals surface area (Å²) < 4.78 is 45.6. The molecular formula is C55H97NO12Si2. The van der Waals surface area contributed by atoms with Gasteiger partial charge in [0.05, 0.1) is 30.5 Å². The molecule has 0 aromatic heterocycles. The minimum absolute atomic E-state index is 0.0186. The van der Waals surface area contributed by atoms with E-state index in [1.165, 1.54) is 4.90 Å². The first kappa shape index (κ1) is 60.5. The number of ether oxygens (including phenoxy) is 5. The van der Waals surface area contributed by atoms with E-state index in [9.17, 15) is 19.5 Å². The van der Waals surface area contributed by atoms with E-state index >= 15 is 4.79 Å². The number of aliphatic hydroxyl groups is 1. The molecule has 2 bridgehead atoms. The number of rotatable bonds is 16. The SMILES string of the molecule is CCC1C=C(C)CC(C)CC(OC)C2OC(O)(C(=O)C(=O)N3CCCCC3C(=O)OC(C(C)=CC3CCC(O[Si](CC)(CC)CC)C(OC)C3)C(C)C(O[Si](CC)(CC)CC)CC1=O)C(C)CC2OC. The second-order valence-corrected chi connectivity index (χ2v) is 31.3. The van der Waals surface area contributed by atoms with Crippen LogP contribution in [-0.4, -0.2) is 133 Å². The van der Waals surface area contributed by atoms with Gasteiger partial charge < -0.3 is 42.5 Å². The molecule has 2 saturated heterocycles. The molecule has 70 heavy (non-hydrogen) atoms. The molecule has 0 spiro atoms. The fourth-order valence-electron chi connectivity index (χ4n) is 12.3. The Hall–Kier alpha value is -2.09. The van der Waals surface area contributed by atoms with Crippen LogP contribution in [0, 0.1) is 29.6 Å². The van der Waals surface area contributed by atoms with Crippen LogP contribution < -0.4 is 0 Å². The Bertz CT molecular complexity index is 1750. The lowest BCUT2D eigenvalue weighted by Gasteiger charge is -2.47. The molecule has 0 aromatic carbocycles. The van der Waals surface area contributed by atoms with Gasteiger partial charge in [0.25, 0.3) is 11.7 Å². The fraction of sp³-hybridized carbons (Fsp3) is 0.855. The zero-order valence-corrected chi connectivity index (χ0v) is 48.3. The van der Waals surface area contributed by atoms with E-state index in [0.717, 1.165) is 66.7 Å². The van der Waals surface area contributed by atoms with Crippen molar-refractivity contribution < 1.29 is 56.8 Å². The lowest BCUT2D eigenvalue weighted by molar-refractivity contribution is -0.302. The van der Waals surface area contributed by atoms with Crippen molar-refractivity contribution in [2.45, 2.75) is 245 Å². The van der Waals surface area contributed by atoms with Gasteiger partial charge in [-0.3, -0.25) is 14.4 Å². The van der Waals surface area contributed by atoms with Gasteiger partial charge in [-0.2, -0.15) is 0 Å². The predicted molar refractivity (Wildman–Crippen MR) is 280 cm³/mol. The lowest BCUT2D eigenvalue weighted by atomic mass is 9.81. The van der Waals surface area contributed by atoms with Crippen molar-refractivity contribution in [3.05, 3.63) is 23.3 Å². The molecule has 14 unspecified atom stereocenters. The van der Waals surface area contributed by atoms with Crippen LogP contribution in [0.2, 0.25) is 36.3 Å². The Kier molecular flexibility index (Phi) is 23.7. The Balaban J connectivity index is 1.87. The van der Waals surface area contributed by atoms with Crippen LogP contribution in [-0.2, 0) is 51.7 Å². The van der Waals surface area contributed by atoms with Gasteiger partial charge in [-0.25, -0.2) is 4.79 Å². The number of hydrogen-bond donors (Lipinski definition) is 1. The number of ketones is 2. The Morgan fingerprint density at radius 1 is 0.757 bits per heavy atom. The maximum atomic E-state index is 15.0. The van der Waals surface area contributed by atoms with Crippen LogP contribution in [0.4, 0.5) is 0 Å². The highest BCUT2D eigenvalue weighted by Gasteiger charge is 2.57. The summed E-state index contributed by atoms with van der Waals surface area (Å²) >= 11 is 0. The summed E-state index contributed by atoms with van der Waals surface area (Å²) in [5, 5.41) is 12.3. The topological polar surface area (TPSA) is 156 Å². The number of carbonyl (C=O) groups excluding carboxylic acids is 4. The molecule has 4 aliphatic rings. The molecule has 0 aromatic rings. The minimum Gasteiger partial charge on any atom is -0.456 e. The third kappa shape index (κ3) is 14.4. The molecule has 15 heteroatoms. The second-order valence-electron chi connectivity index (χ2n) is 21.8. The second kappa shape index (κ2) is 27.4. The van der Waals surface area contributed by atoms with Gasteiger partial charge >= 0.3 is 5.97 Å². The number of cyclic esters (lactones) is 1. The average Bonchev–Trinajstić information content (AvgIpc) is 3.36. The minimum atomic E-state index is -2.49. The number of carbonyl (C=O) groups is 4. The maximum absolute atomic E-state index is 15.0. The number of nitrogens with zero attached hydrogens (tertiary/aromatic N) is 1. The normalized spacial score (nSPS) is 35.4. The molecule has 3 aliphatic heterocycles. The third-order valence-corrected chi connectivity index (χ3v) is 26.8. The first-order valence-corrected chi connectivity index (χ1v) is 32.6. The van der Waals surface area contributed by atoms with E-state index in [4.69, 9.17) is 32.5 Å². The van der Waals surface area contributed by atoms with Gasteiger partial charge in [0.2, 0.25) is 5.79 Å². The first-order valence-electron chi connectivity index (χ1n) is 27.5. The van der Waals surface area contributed by atoms with Crippen LogP contribution >= 0.6 is 0 Å². The lowest BCUT2D eigenvalue weighted by Crippen LogP contribution is -2.64. The molecule has 402 valence electrons. The van der Waals surface area contributed by atoms with Crippen molar-refractivity contribution in [1.82, 2.24) is 4.90 Å². The van der Waals surface area contributed by atoms with Crippen molar-refractivity contribution in [2.75, 3.05) is 27.9 Å². The highest BCUT2D eigenvalue weighted by atomic mass is 28.4. The number of methoxy groups -OCH3 is 3. The molecule has 1 N–H and O–H groups in total. The molecule has 1 saturated carbocycles. The van der Waals surface area contributed by atoms with Gasteiger partial charge in [0, 0.05) is 52.0 Å². The van der Waals surface area contributed by atoms with Crippen molar-refractivity contribution in [3.8, 4) is 0 Å². The maximum Gasteiger partial charge on any atom is 0.329 e. The Morgan fingerprint density at radius 2 is 1.33 bits per heavy atom. The molecule has 3 fully saturated rings. The Labute approximate surface area is 425 Å². The van der Waals surface area contributed by atoms with Crippen LogP contribution in [0.5, 0.6) is 0 Å². The van der Waals surface area contributed by atoms with E-state index in [1.807, 2.05) is 20.8 Å². The van der Waals surface area contributed by atoms with E-state index in [-0.39, 0.29) is 61.6 Å². The number of piperidine rings is 1. The van der Waals surface area contributed by atoms with Crippen LogP contribution in [0.15, 0.2) is 23.3 Å². The largest absolute Gasteiger partial charge is 0.456 e. The van der Waals surface area contributed by atoms with E-state index in [2.05, 4.69) is 67.5 Å². The molecule has 3 heterocycles. The highest BCUT2D eigenvalue weighted by molar-refractivity contribution is 6.74. The number of amides is 1. The average molecular weight is 1020 g/mol. The van der Waals surface area contributed by atoms with Crippen molar-refractivity contribution in [2.24, 2.45) is 29.6 Å². The zero-order chi connectivity index (χ0) is 52.1. The smallest absolute Gasteiger partial charge is 0.329 e. The van der Waals surface area contributed by atoms with Crippen molar-refractivity contribution in [1.29, 1.82) is 0 Å². The third-order valence-electron chi connectivity index (χ3n) is 17.5. The van der Waals surface area contributed by atoms with Crippen LogP contribution in [0.25, 0.3) is 0 Å². The summed E-state index contributed by atoms with van der Waals surface area (Å²) in [6.45, 7) is 25.4. The van der Waals surface area contributed by atoms with E-state index < -0.39 is 88.5 Å². The molecule has 1 amide bonds. The molecular weight excluding hydrogens is 923 g/mol. The number of fused-ring (bicyclic) bond motifs is 3. The van der Waals surface area contributed by atoms with Crippen molar-refractivity contribution in [3.63, 3.8) is 0 Å². The molecule has 0 radical (unpaired) electrons. The van der Waals surface area contributed by atoms with Gasteiger partial charge in [0.1, 0.15) is 24.0 Å². The summed E-state index contributed by atoms with van der Waals surface area (Å²) in [5.41, 5.74) is 1.92. The molecule has 4 rings (SSSR count). The summed E-state index contributed by atoms with van der Waals surface area (Å²) in [4.78, 5) is 60.3. The first-order chi connectivity index (χ1) is 33.2. The monoisotopic (exact) mass is 1020 g/mol. The van der Waals surface area contributed by atoms with Crippen molar-refractivity contribution >= 4 is 40.1 Å². The predicted octanol–water partition coefficient (Wildman–Crippen LogP) is 10.5. The van der Waals surface area contributed by atoms with Gasteiger partial charge in [0.15, 0.2) is 16.6 Å². The standard InChI is InChI=1S/C55H97NO12Si2/c1-16-42-30-36(8)29-37(9)31-48(63-14)51-49(64-15)33-39(11)55(61,66-51)52(58)53(59)56-28-24-23-25-43(56)54(60)65-50(40(12)46(35-44(42)57)68-70(20-5,21-6)22-7)38(10)32-41-26-27-45(47(34-41)62-13)67-69(17-2,18-3)19-4/h30,32,37,39-43,45-51,61H,16-29,31,33-35H2,1-15H3. The number of esters is 1. The van der Waals surface area contributed by atoms with E-state index in [1.54, 1.807) is 28.3 Å². The highest BCUT2D eigenvalue weighted by Crippen LogP contribution is 2.41. The van der Waals surface area contributed by atoms with Gasteiger partial charge in [-0.15, -0.1) is 0 Å². The molecule has 1 aliphatic carbocycles. The number of hydrogen-bond acceptors (Lipinski definition) is 12. The number of Topliss-reactive ketones (excluding diaryl/α,β-unsaturated/α-hetero) is 2. The summed E-state index contributed by atoms with van der Waals surface area (Å²) in [6, 6.07) is 4.74. The quantitative estimate of drug-likeness (QED) is 0.0677. The summed E-state index contributed by atoms with van der Waals surface area (Å²) in [7, 11) is 0.671. The Morgan fingerprint density at radius 3 is 1.89 bits per heavy atom. The summed E-state index contributed by atoms with van der Waals surface area (Å²) in [6.07, 6.45) is 7.07. The molecule has 14 atom stereocenters. The van der Waals surface area contributed by atoms with Crippen LogP contribution in [0.3, 0.4) is 0 Å².